The predicted molar refractivity (Wildman–Crippen MR) is 94.6 cm³/mol. The summed E-state index contributed by atoms with van der Waals surface area (Å²) in [6.07, 6.45) is 4.14. The molecule has 21 heavy (non-hydrogen) atoms. The molecule has 1 atom stereocenters. The van der Waals surface area contributed by atoms with Crippen LogP contribution in [0.1, 0.15) is 19.3 Å². The van der Waals surface area contributed by atoms with Gasteiger partial charge < -0.3 is 10.2 Å². The van der Waals surface area contributed by atoms with Crippen molar-refractivity contribution >= 4 is 24.2 Å². The number of hydrogen-bond donors (Lipinski definition) is 1. The van der Waals surface area contributed by atoms with Crippen molar-refractivity contribution in [2.24, 2.45) is 11.8 Å². The lowest BCUT2D eigenvalue weighted by Crippen LogP contribution is -2.35. The van der Waals surface area contributed by atoms with Crippen molar-refractivity contribution in [1.29, 1.82) is 0 Å². The molecule has 0 aromatic heterocycles. The summed E-state index contributed by atoms with van der Waals surface area (Å²) in [6.45, 7) is 6.44. The zero-order chi connectivity index (χ0) is 13.6. The Morgan fingerprint density at radius 1 is 1.05 bits per heavy atom. The summed E-state index contributed by atoms with van der Waals surface area (Å²) in [4.78, 5) is 4.14. The van der Waals surface area contributed by atoms with Crippen molar-refractivity contribution in [3.8, 4) is 0 Å². The molecule has 1 unspecified atom stereocenters. The second kappa shape index (κ2) is 9.04. The highest BCUT2D eigenvalue weighted by molar-refractivity contribution is 7.99. The van der Waals surface area contributed by atoms with Gasteiger partial charge in [-0.05, 0) is 62.9 Å². The second-order valence-corrected chi connectivity index (χ2v) is 7.33. The number of nitrogens with one attached hydrogen (secondary N) is 1. The van der Waals surface area contributed by atoms with E-state index in [4.69, 9.17) is 0 Å². The number of halogens is 1. The number of likely N-dealkylation sites (tertiary alicyclic amines) is 1. The van der Waals surface area contributed by atoms with Crippen molar-refractivity contribution in [1.82, 2.24) is 10.2 Å². The maximum atomic E-state index is 3.47. The fourth-order valence-corrected chi connectivity index (χ4v) is 4.42. The third kappa shape index (κ3) is 5.48. The standard InChI is InChI=1S/C17H26N2S.ClH/c1-2-4-17(5-3-1)20-14-16-8-11-19(13-16)12-15-6-9-18-10-7-15;/h1-5,15-16,18H,6-14H2;1H. The molecule has 0 bridgehead atoms. The van der Waals surface area contributed by atoms with Crippen LogP contribution in [0.5, 0.6) is 0 Å². The lowest BCUT2D eigenvalue weighted by molar-refractivity contribution is 0.236. The highest BCUT2D eigenvalue weighted by Gasteiger charge is 2.25. The number of benzene rings is 1. The van der Waals surface area contributed by atoms with E-state index in [1.807, 2.05) is 11.8 Å². The third-order valence-electron chi connectivity index (χ3n) is 4.57. The first-order valence-electron chi connectivity index (χ1n) is 8.01. The molecular formula is C17H27ClN2S. The van der Waals surface area contributed by atoms with Gasteiger partial charge in [-0.3, -0.25) is 0 Å². The van der Waals surface area contributed by atoms with Gasteiger partial charge in [0.2, 0.25) is 0 Å². The molecule has 3 rings (SSSR count). The first kappa shape index (κ1) is 17.1. The number of nitrogens with zero attached hydrogens (tertiary/aromatic N) is 1. The topological polar surface area (TPSA) is 15.3 Å². The Kier molecular flexibility index (Phi) is 7.38. The van der Waals surface area contributed by atoms with Crippen LogP contribution in [-0.4, -0.2) is 43.4 Å². The zero-order valence-corrected chi connectivity index (χ0v) is 14.3. The summed E-state index contributed by atoms with van der Waals surface area (Å²) >= 11 is 2.03. The molecule has 0 spiro atoms. The van der Waals surface area contributed by atoms with Crippen LogP contribution in [0.15, 0.2) is 35.2 Å². The molecule has 0 radical (unpaired) electrons. The SMILES string of the molecule is Cl.c1ccc(SCC2CCN(CC3CCNCC3)C2)cc1. The minimum Gasteiger partial charge on any atom is -0.317 e. The van der Waals surface area contributed by atoms with Crippen LogP contribution in [-0.2, 0) is 0 Å². The van der Waals surface area contributed by atoms with Crippen LogP contribution >= 0.6 is 24.2 Å². The predicted octanol–water partition coefficient (Wildman–Crippen LogP) is 3.52. The van der Waals surface area contributed by atoms with Crippen molar-refractivity contribution in [3.05, 3.63) is 30.3 Å². The highest BCUT2D eigenvalue weighted by atomic mass is 35.5. The molecule has 2 nitrogen and oxygen atoms in total. The maximum Gasteiger partial charge on any atom is 0.00720 e. The Morgan fingerprint density at radius 3 is 2.57 bits per heavy atom. The van der Waals surface area contributed by atoms with Crippen LogP contribution in [0.3, 0.4) is 0 Å². The Hall–Kier alpha value is -0.220. The summed E-state index contributed by atoms with van der Waals surface area (Å²) in [5, 5.41) is 3.47. The van der Waals surface area contributed by atoms with Gasteiger partial charge in [0.1, 0.15) is 0 Å². The minimum atomic E-state index is 0. The fourth-order valence-electron chi connectivity index (χ4n) is 3.37. The molecule has 0 amide bonds. The van der Waals surface area contributed by atoms with Crippen LogP contribution in [0.2, 0.25) is 0 Å². The normalized spacial score (nSPS) is 23.9. The molecule has 2 aliphatic rings. The Morgan fingerprint density at radius 2 is 1.81 bits per heavy atom. The van der Waals surface area contributed by atoms with Gasteiger partial charge in [-0.25, -0.2) is 0 Å². The van der Waals surface area contributed by atoms with Crippen molar-refractivity contribution in [3.63, 3.8) is 0 Å². The highest BCUT2D eigenvalue weighted by Crippen LogP contribution is 2.27. The fraction of sp³-hybridized carbons (Fsp3) is 0.647. The lowest BCUT2D eigenvalue weighted by Gasteiger charge is -2.27. The molecule has 118 valence electrons. The molecule has 1 aromatic carbocycles. The van der Waals surface area contributed by atoms with E-state index in [-0.39, 0.29) is 12.4 Å². The summed E-state index contributed by atoms with van der Waals surface area (Å²) in [5.74, 6) is 3.12. The average molecular weight is 327 g/mol. The average Bonchev–Trinajstić information content (AvgIpc) is 2.95. The van der Waals surface area contributed by atoms with Gasteiger partial charge >= 0.3 is 0 Å². The van der Waals surface area contributed by atoms with Gasteiger partial charge in [0.15, 0.2) is 0 Å². The lowest BCUT2D eigenvalue weighted by atomic mass is 9.98. The van der Waals surface area contributed by atoms with E-state index >= 15 is 0 Å². The Bertz CT molecular complexity index is 395. The summed E-state index contributed by atoms with van der Waals surface area (Å²) in [6, 6.07) is 10.8. The maximum absolute atomic E-state index is 3.47. The van der Waals surface area contributed by atoms with Gasteiger partial charge in [-0.2, -0.15) is 0 Å². The van der Waals surface area contributed by atoms with E-state index < -0.39 is 0 Å². The van der Waals surface area contributed by atoms with E-state index in [2.05, 4.69) is 40.5 Å². The third-order valence-corrected chi connectivity index (χ3v) is 5.82. The number of piperidine rings is 1. The molecule has 2 aliphatic heterocycles. The molecule has 2 fully saturated rings. The summed E-state index contributed by atoms with van der Waals surface area (Å²) in [7, 11) is 0. The van der Waals surface area contributed by atoms with Crippen molar-refractivity contribution in [2.45, 2.75) is 24.2 Å². The van der Waals surface area contributed by atoms with E-state index in [9.17, 15) is 0 Å². The first-order chi connectivity index (χ1) is 9.90. The summed E-state index contributed by atoms with van der Waals surface area (Å²) in [5.41, 5.74) is 0. The monoisotopic (exact) mass is 326 g/mol. The second-order valence-electron chi connectivity index (χ2n) is 6.23. The largest absolute Gasteiger partial charge is 0.317 e. The van der Waals surface area contributed by atoms with Gasteiger partial charge in [0.05, 0.1) is 0 Å². The summed E-state index contributed by atoms with van der Waals surface area (Å²) < 4.78 is 0. The quantitative estimate of drug-likeness (QED) is 0.833. The zero-order valence-electron chi connectivity index (χ0n) is 12.7. The molecular weight excluding hydrogens is 300 g/mol. The van der Waals surface area contributed by atoms with Gasteiger partial charge in [0, 0.05) is 23.7 Å². The molecule has 0 aliphatic carbocycles. The molecule has 1 aromatic rings. The van der Waals surface area contributed by atoms with Gasteiger partial charge in [-0.1, -0.05) is 18.2 Å². The molecule has 2 saturated heterocycles. The molecule has 4 heteroatoms. The van der Waals surface area contributed by atoms with E-state index in [1.54, 1.807) is 0 Å². The molecule has 0 saturated carbocycles. The van der Waals surface area contributed by atoms with Crippen molar-refractivity contribution in [2.75, 3.05) is 38.5 Å². The number of rotatable bonds is 5. The van der Waals surface area contributed by atoms with E-state index in [0.29, 0.717) is 0 Å². The van der Waals surface area contributed by atoms with E-state index in [0.717, 1.165) is 11.8 Å². The number of hydrogen-bond acceptors (Lipinski definition) is 3. The number of thioether (sulfide) groups is 1. The first-order valence-corrected chi connectivity index (χ1v) is 8.99. The van der Waals surface area contributed by atoms with Crippen LogP contribution < -0.4 is 5.32 Å². The van der Waals surface area contributed by atoms with E-state index in [1.165, 1.54) is 62.6 Å². The van der Waals surface area contributed by atoms with Crippen LogP contribution in [0.25, 0.3) is 0 Å². The Labute approximate surface area is 139 Å². The van der Waals surface area contributed by atoms with Gasteiger partial charge in [0.25, 0.3) is 0 Å². The minimum absolute atomic E-state index is 0. The van der Waals surface area contributed by atoms with Crippen molar-refractivity contribution < 1.29 is 0 Å². The van der Waals surface area contributed by atoms with Gasteiger partial charge in [-0.15, -0.1) is 24.2 Å². The smallest absolute Gasteiger partial charge is 0.00720 e. The molecule has 2 heterocycles. The van der Waals surface area contributed by atoms with Crippen LogP contribution in [0.4, 0.5) is 0 Å². The van der Waals surface area contributed by atoms with Crippen LogP contribution in [0, 0.1) is 11.8 Å². The Balaban J connectivity index is 0.00000161. The molecule has 1 N–H and O–H groups in total.